The first-order valence-corrected chi connectivity index (χ1v) is 4.47. The standard InChI is InChI=1S/C8H12O2S/c9-5-1-2-7-3-4-8(6-10)11-7/h3-4,9-10H,1-2,5-6H2. The van der Waals surface area contributed by atoms with Crippen LogP contribution in [0, 0.1) is 0 Å². The molecule has 62 valence electrons. The molecule has 2 nitrogen and oxygen atoms in total. The summed E-state index contributed by atoms with van der Waals surface area (Å²) < 4.78 is 0. The lowest BCUT2D eigenvalue weighted by atomic mass is 10.3. The maximum absolute atomic E-state index is 8.74. The summed E-state index contributed by atoms with van der Waals surface area (Å²) in [6, 6.07) is 3.93. The summed E-state index contributed by atoms with van der Waals surface area (Å²) in [5, 5.41) is 17.3. The topological polar surface area (TPSA) is 40.5 Å². The van der Waals surface area contributed by atoms with E-state index < -0.39 is 0 Å². The van der Waals surface area contributed by atoms with Crippen LogP contribution in [0.25, 0.3) is 0 Å². The molecule has 0 fully saturated rings. The normalized spacial score (nSPS) is 10.4. The van der Waals surface area contributed by atoms with Gasteiger partial charge in [-0.3, -0.25) is 0 Å². The van der Waals surface area contributed by atoms with Crippen molar-refractivity contribution in [3.8, 4) is 0 Å². The van der Waals surface area contributed by atoms with Gasteiger partial charge < -0.3 is 10.2 Å². The first-order chi connectivity index (χ1) is 5.36. The van der Waals surface area contributed by atoms with E-state index in [-0.39, 0.29) is 13.2 Å². The fourth-order valence-electron chi connectivity index (χ4n) is 0.895. The zero-order valence-electron chi connectivity index (χ0n) is 6.29. The number of rotatable bonds is 4. The van der Waals surface area contributed by atoms with E-state index in [0.29, 0.717) is 0 Å². The molecule has 0 spiro atoms. The van der Waals surface area contributed by atoms with Crippen molar-refractivity contribution in [2.45, 2.75) is 19.4 Å². The Kier molecular flexibility index (Phi) is 3.56. The van der Waals surface area contributed by atoms with Crippen LogP contribution in [0.3, 0.4) is 0 Å². The van der Waals surface area contributed by atoms with Crippen molar-refractivity contribution < 1.29 is 10.2 Å². The monoisotopic (exact) mass is 172 g/mol. The Hall–Kier alpha value is -0.380. The Balaban J connectivity index is 2.44. The third-order valence-corrected chi connectivity index (χ3v) is 2.58. The van der Waals surface area contributed by atoms with Gasteiger partial charge in [-0.2, -0.15) is 0 Å². The molecular weight excluding hydrogens is 160 g/mol. The first-order valence-electron chi connectivity index (χ1n) is 3.66. The van der Waals surface area contributed by atoms with Crippen LogP contribution in [0.15, 0.2) is 12.1 Å². The quantitative estimate of drug-likeness (QED) is 0.715. The summed E-state index contributed by atoms with van der Waals surface area (Å²) in [4.78, 5) is 2.24. The van der Waals surface area contributed by atoms with Gasteiger partial charge in [0.25, 0.3) is 0 Å². The molecule has 0 bridgehead atoms. The van der Waals surface area contributed by atoms with Crippen LogP contribution in [-0.4, -0.2) is 16.8 Å². The molecule has 11 heavy (non-hydrogen) atoms. The molecule has 0 unspecified atom stereocenters. The van der Waals surface area contributed by atoms with E-state index in [2.05, 4.69) is 0 Å². The molecule has 0 amide bonds. The Morgan fingerprint density at radius 2 is 1.91 bits per heavy atom. The van der Waals surface area contributed by atoms with Gasteiger partial charge in [-0.25, -0.2) is 0 Å². The Morgan fingerprint density at radius 1 is 1.18 bits per heavy atom. The lowest BCUT2D eigenvalue weighted by Crippen LogP contribution is -1.84. The van der Waals surface area contributed by atoms with Gasteiger partial charge in [-0.05, 0) is 25.0 Å². The largest absolute Gasteiger partial charge is 0.396 e. The summed E-state index contributed by atoms with van der Waals surface area (Å²) >= 11 is 1.61. The van der Waals surface area contributed by atoms with Crippen molar-refractivity contribution in [2.24, 2.45) is 0 Å². The third kappa shape index (κ3) is 2.61. The predicted octanol–water partition coefficient (Wildman–Crippen LogP) is 1.17. The van der Waals surface area contributed by atoms with Crippen LogP contribution in [0.1, 0.15) is 16.2 Å². The number of aliphatic hydroxyl groups excluding tert-OH is 2. The van der Waals surface area contributed by atoms with Crippen LogP contribution in [0.5, 0.6) is 0 Å². The highest BCUT2D eigenvalue weighted by Crippen LogP contribution is 2.17. The molecule has 0 aromatic carbocycles. The SMILES string of the molecule is OCCCc1ccc(CO)s1. The molecule has 1 heterocycles. The molecule has 0 saturated carbocycles. The minimum absolute atomic E-state index is 0.129. The molecule has 0 aliphatic carbocycles. The van der Waals surface area contributed by atoms with Gasteiger partial charge in [0.2, 0.25) is 0 Å². The zero-order valence-corrected chi connectivity index (χ0v) is 7.10. The number of aryl methyl sites for hydroxylation is 1. The van der Waals surface area contributed by atoms with E-state index in [1.165, 1.54) is 4.88 Å². The van der Waals surface area contributed by atoms with E-state index in [0.717, 1.165) is 17.7 Å². The van der Waals surface area contributed by atoms with E-state index >= 15 is 0 Å². The fourth-order valence-corrected chi connectivity index (χ4v) is 1.81. The van der Waals surface area contributed by atoms with Crippen molar-refractivity contribution in [2.75, 3.05) is 6.61 Å². The average molecular weight is 172 g/mol. The maximum atomic E-state index is 8.74. The molecule has 0 saturated heterocycles. The highest BCUT2D eigenvalue weighted by atomic mass is 32.1. The molecule has 0 radical (unpaired) electrons. The van der Waals surface area contributed by atoms with E-state index in [1.54, 1.807) is 11.3 Å². The minimum Gasteiger partial charge on any atom is -0.396 e. The van der Waals surface area contributed by atoms with Crippen LogP contribution >= 0.6 is 11.3 Å². The van der Waals surface area contributed by atoms with Gasteiger partial charge in [-0.15, -0.1) is 11.3 Å². The van der Waals surface area contributed by atoms with Gasteiger partial charge in [0.15, 0.2) is 0 Å². The van der Waals surface area contributed by atoms with Gasteiger partial charge in [0, 0.05) is 16.4 Å². The van der Waals surface area contributed by atoms with Gasteiger partial charge in [0.05, 0.1) is 6.61 Å². The number of hydrogen-bond donors (Lipinski definition) is 2. The summed E-state index contributed by atoms with van der Waals surface area (Å²) in [6.45, 7) is 0.371. The number of hydrogen-bond acceptors (Lipinski definition) is 3. The minimum atomic E-state index is 0.129. The predicted molar refractivity (Wildman–Crippen MR) is 45.6 cm³/mol. The Bertz CT molecular complexity index is 208. The molecule has 3 heteroatoms. The second-order valence-electron chi connectivity index (χ2n) is 2.35. The zero-order chi connectivity index (χ0) is 8.10. The molecule has 1 aromatic heterocycles. The summed E-state index contributed by atoms with van der Waals surface area (Å²) in [5.74, 6) is 0. The maximum Gasteiger partial charge on any atom is 0.0774 e. The van der Waals surface area contributed by atoms with Gasteiger partial charge in [-0.1, -0.05) is 0 Å². The van der Waals surface area contributed by atoms with Crippen molar-refractivity contribution in [3.05, 3.63) is 21.9 Å². The second kappa shape index (κ2) is 4.49. The molecule has 0 aliphatic rings. The fraction of sp³-hybridized carbons (Fsp3) is 0.500. The number of aliphatic hydroxyl groups is 2. The van der Waals surface area contributed by atoms with E-state index in [4.69, 9.17) is 10.2 Å². The first kappa shape index (κ1) is 8.71. The van der Waals surface area contributed by atoms with Crippen molar-refractivity contribution >= 4 is 11.3 Å². The third-order valence-electron chi connectivity index (χ3n) is 1.45. The summed E-state index contributed by atoms with van der Waals surface area (Å²) in [6.07, 6.45) is 1.73. The van der Waals surface area contributed by atoms with Crippen LogP contribution in [0.4, 0.5) is 0 Å². The molecule has 2 N–H and O–H groups in total. The smallest absolute Gasteiger partial charge is 0.0774 e. The van der Waals surface area contributed by atoms with Gasteiger partial charge >= 0.3 is 0 Å². The summed E-state index contributed by atoms with van der Waals surface area (Å²) in [5.41, 5.74) is 0. The molecular formula is C8H12O2S. The van der Waals surface area contributed by atoms with Crippen molar-refractivity contribution in [3.63, 3.8) is 0 Å². The van der Waals surface area contributed by atoms with Crippen LogP contribution in [-0.2, 0) is 13.0 Å². The molecule has 1 aromatic rings. The average Bonchev–Trinajstić information content (AvgIpc) is 2.48. The van der Waals surface area contributed by atoms with Crippen LogP contribution in [0.2, 0.25) is 0 Å². The lowest BCUT2D eigenvalue weighted by molar-refractivity contribution is 0.285. The van der Waals surface area contributed by atoms with Crippen molar-refractivity contribution in [1.82, 2.24) is 0 Å². The van der Waals surface area contributed by atoms with E-state index in [1.807, 2.05) is 12.1 Å². The second-order valence-corrected chi connectivity index (χ2v) is 3.61. The Morgan fingerprint density at radius 3 is 2.45 bits per heavy atom. The molecule has 1 rings (SSSR count). The summed E-state index contributed by atoms with van der Waals surface area (Å²) in [7, 11) is 0. The van der Waals surface area contributed by atoms with Gasteiger partial charge in [0.1, 0.15) is 0 Å². The van der Waals surface area contributed by atoms with Crippen molar-refractivity contribution in [1.29, 1.82) is 0 Å². The lowest BCUT2D eigenvalue weighted by Gasteiger charge is -1.91. The van der Waals surface area contributed by atoms with Crippen LogP contribution < -0.4 is 0 Å². The molecule has 0 aliphatic heterocycles. The Labute approximate surface area is 70.1 Å². The van der Waals surface area contributed by atoms with E-state index in [9.17, 15) is 0 Å². The highest BCUT2D eigenvalue weighted by molar-refractivity contribution is 7.11. The number of thiophene rings is 1. The highest BCUT2D eigenvalue weighted by Gasteiger charge is 1.97. The molecule has 0 atom stereocenters.